The van der Waals surface area contributed by atoms with Crippen LogP contribution in [0, 0.1) is 5.82 Å². The summed E-state index contributed by atoms with van der Waals surface area (Å²) in [6.45, 7) is 0. The maximum absolute atomic E-state index is 12.1. The average molecular weight is 150 g/mol. The van der Waals surface area contributed by atoms with E-state index in [-0.39, 0.29) is 31.7 Å². The number of benzene rings is 1. The number of halogens is 1. The Morgan fingerprint density at radius 3 is 2.20 bits per heavy atom. The van der Waals surface area contributed by atoms with Gasteiger partial charge in [-0.2, -0.15) is 0 Å². The number of aldehydes is 1. The summed E-state index contributed by atoms with van der Waals surface area (Å²) in [6.07, 6.45) is 0.680. The van der Waals surface area contributed by atoms with Gasteiger partial charge in [0.05, 0.1) is 0 Å². The third kappa shape index (κ3) is 2.45. The van der Waals surface area contributed by atoms with Crippen LogP contribution in [0.25, 0.3) is 0 Å². The summed E-state index contributed by atoms with van der Waals surface area (Å²) in [4.78, 5) is 10.00. The Labute approximate surface area is 77.4 Å². The minimum Gasteiger partial charge on any atom is -1.00 e. The van der Waals surface area contributed by atoms with Gasteiger partial charge >= 0.3 is 23.1 Å². The fourth-order valence-electron chi connectivity index (χ4n) is 0.541. The molecule has 3 heteroatoms. The molecule has 0 aromatic heterocycles. The van der Waals surface area contributed by atoms with Crippen molar-refractivity contribution in [3.05, 3.63) is 35.6 Å². The Kier molecular flexibility index (Phi) is 4.23. The maximum atomic E-state index is 12.1. The Morgan fingerprint density at radius 2 is 1.80 bits per heavy atom. The molecule has 10 heavy (non-hydrogen) atoms. The zero-order chi connectivity index (χ0) is 6.69. The Morgan fingerprint density at radius 1 is 1.30 bits per heavy atom. The van der Waals surface area contributed by atoms with Crippen LogP contribution in [0.1, 0.15) is 13.2 Å². The first-order valence-corrected chi connectivity index (χ1v) is 2.53. The van der Waals surface area contributed by atoms with E-state index < -0.39 is 0 Å². The molecule has 1 aromatic carbocycles. The molecule has 0 aliphatic heterocycles. The van der Waals surface area contributed by atoms with Crippen molar-refractivity contribution < 1.29 is 12.0 Å². The molecule has 0 radical (unpaired) electrons. The fourth-order valence-corrected chi connectivity index (χ4v) is 0.541. The van der Waals surface area contributed by atoms with Crippen LogP contribution in [-0.2, 0) is 0 Å². The predicted octanol–water partition coefficient (Wildman–Crippen LogP) is 1.48. The molecule has 50 valence electrons. The zero-order valence-corrected chi connectivity index (χ0v) is 6.79. The molecular formula is C7H7FMgO. The normalized spacial score (nSPS) is 8.10. The second-order valence-corrected chi connectivity index (χ2v) is 1.67. The Balaban J connectivity index is -0.000000270. The van der Waals surface area contributed by atoms with Gasteiger partial charge in [-0.15, -0.1) is 0 Å². The number of hydrogen-bond acceptors (Lipinski definition) is 1. The number of carbonyl (C=O) groups excluding carboxylic acids is 1. The first-order valence-electron chi connectivity index (χ1n) is 2.53. The van der Waals surface area contributed by atoms with Gasteiger partial charge in [0.15, 0.2) is 0 Å². The predicted molar refractivity (Wildman–Crippen MR) is 39.8 cm³/mol. The minimum atomic E-state index is -0.319. The summed E-state index contributed by atoms with van der Waals surface area (Å²) in [6, 6.07) is 5.37. The SMILES string of the molecule is O=Cc1ccc(F)cc1.[H-].[H-].[Mg+2]. The van der Waals surface area contributed by atoms with Crippen molar-refractivity contribution in [2.75, 3.05) is 0 Å². The van der Waals surface area contributed by atoms with E-state index in [1.807, 2.05) is 0 Å². The summed E-state index contributed by atoms with van der Waals surface area (Å²) in [5.41, 5.74) is 0.497. The van der Waals surface area contributed by atoms with Crippen LogP contribution in [0.3, 0.4) is 0 Å². The minimum absolute atomic E-state index is 0. The van der Waals surface area contributed by atoms with Crippen LogP contribution in [-0.4, -0.2) is 29.3 Å². The van der Waals surface area contributed by atoms with Gasteiger partial charge in [-0.3, -0.25) is 4.79 Å². The number of hydrogen-bond donors (Lipinski definition) is 0. The molecule has 1 rings (SSSR count). The van der Waals surface area contributed by atoms with Crippen LogP contribution in [0.5, 0.6) is 0 Å². The third-order valence-electron chi connectivity index (χ3n) is 1.01. The van der Waals surface area contributed by atoms with Crippen molar-refractivity contribution in [1.29, 1.82) is 0 Å². The molecule has 0 spiro atoms. The second-order valence-electron chi connectivity index (χ2n) is 1.67. The van der Waals surface area contributed by atoms with Gasteiger partial charge in [0.1, 0.15) is 12.1 Å². The number of carbonyl (C=O) groups is 1. The van der Waals surface area contributed by atoms with E-state index in [4.69, 9.17) is 0 Å². The first kappa shape index (κ1) is 9.59. The van der Waals surface area contributed by atoms with E-state index in [2.05, 4.69) is 0 Å². The van der Waals surface area contributed by atoms with Crippen molar-refractivity contribution >= 4 is 29.3 Å². The summed E-state index contributed by atoms with van der Waals surface area (Å²) in [7, 11) is 0. The summed E-state index contributed by atoms with van der Waals surface area (Å²) in [5, 5.41) is 0. The van der Waals surface area contributed by atoms with Gasteiger partial charge in [0, 0.05) is 5.56 Å². The van der Waals surface area contributed by atoms with E-state index in [0.717, 1.165) is 0 Å². The Bertz CT molecular complexity index is 215. The van der Waals surface area contributed by atoms with Crippen molar-refractivity contribution in [3.8, 4) is 0 Å². The van der Waals surface area contributed by atoms with Gasteiger partial charge in [0.2, 0.25) is 0 Å². The molecule has 0 amide bonds. The molecular weight excluding hydrogens is 143 g/mol. The molecule has 0 heterocycles. The van der Waals surface area contributed by atoms with Gasteiger partial charge in [-0.25, -0.2) is 4.39 Å². The largest absolute Gasteiger partial charge is 2.00 e. The first-order chi connectivity index (χ1) is 4.33. The molecule has 0 unspecified atom stereocenters. The third-order valence-corrected chi connectivity index (χ3v) is 1.01. The molecule has 0 N–H and O–H groups in total. The summed E-state index contributed by atoms with van der Waals surface area (Å²) in [5.74, 6) is -0.319. The van der Waals surface area contributed by atoms with Crippen molar-refractivity contribution in [2.24, 2.45) is 0 Å². The fraction of sp³-hybridized carbons (Fsp3) is 0. The van der Waals surface area contributed by atoms with E-state index in [1.165, 1.54) is 24.3 Å². The van der Waals surface area contributed by atoms with Crippen LogP contribution in [0.2, 0.25) is 0 Å². The number of rotatable bonds is 1. The van der Waals surface area contributed by atoms with Gasteiger partial charge < -0.3 is 2.85 Å². The monoisotopic (exact) mass is 150 g/mol. The molecule has 0 saturated heterocycles. The molecule has 1 nitrogen and oxygen atoms in total. The van der Waals surface area contributed by atoms with Crippen LogP contribution >= 0.6 is 0 Å². The summed E-state index contributed by atoms with van der Waals surface area (Å²) >= 11 is 0. The van der Waals surface area contributed by atoms with E-state index >= 15 is 0 Å². The van der Waals surface area contributed by atoms with Crippen LogP contribution < -0.4 is 0 Å². The van der Waals surface area contributed by atoms with Crippen molar-refractivity contribution in [1.82, 2.24) is 0 Å². The Hall–Kier alpha value is -0.414. The zero-order valence-electron chi connectivity index (χ0n) is 7.38. The van der Waals surface area contributed by atoms with Gasteiger partial charge in [-0.1, -0.05) is 0 Å². The van der Waals surface area contributed by atoms with E-state index in [0.29, 0.717) is 11.8 Å². The maximum Gasteiger partial charge on any atom is 2.00 e. The smallest absolute Gasteiger partial charge is 1.00 e. The van der Waals surface area contributed by atoms with Crippen LogP contribution in [0.4, 0.5) is 4.39 Å². The molecule has 0 aliphatic carbocycles. The van der Waals surface area contributed by atoms with Crippen LogP contribution in [0.15, 0.2) is 24.3 Å². The molecule has 0 atom stereocenters. The standard InChI is InChI=1S/C7H5FO.Mg.2H/c8-7-3-1-6(5-9)2-4-7;;;/h1-5H;;;/q;+2;2*-1. The van der Waals surface area contributed by atoms with Gasteiger partial charge in [0.25, 0.3) is 0 Å². The van der Waals surface area contributed by atoms with Crippen molar-refractivity contribution in [2.45, 2.75) is 0 Å². The molecule has 0 bridgehead atoms. The molecule has 0 saturated carbocycles. The van der Waals surface area contributed by atoms with Crippen molar-refractivity contribution in [3.63, 3.8) is 0 Å². The summed E-state index contributed by atoms with van der Waals surface area (Å²) < 4.78 is 12.1. The molecule has 0 fully saturated rings. The second kappa shape index (κ2) is 4.41. The van der Waals surface area contributed by atoms with E-state index in [9.17, 15) is 9.18 Å². The topological polar surface area (TPSA) is 17.1 Å². The average Bonchev–Trinajstić information content (AvgIpc) is 1.90. The molecule has 0 aliphatic rings. The van der Waals surface area contributed by atoms with Gasteiger partial charge in [-0.05, 0) is 24.3 Å². The quantitative estimate of drug-likeness (QED) is 0.438. The molecule has 1 aromatic rings. The van der Waals surface area contributed by atoms with E-state index in [1.54, 1.807) is 0 Å².